The molecule has 11 heavy (non-hydrogen) atoms. The van der Waals surface area contributed by atoms with Gasteiger partial charge >= 0.3 is 0 Å². The van der Waals surface area contributed by atoms with E-state index < -0.39 is 8.80 Å². The van der Waals surface area contributed by atoms with Crippen LogP contribution < -0.4 is 0 Å². The fourth-order valence-electron chi connectivity index (χ4n) is 0.976. The molecule has 0 heterocycles. The van der Waals surface area contributed by atoms with Gasteiger partial charge in [-0.15, -0.1) is 6.58 Å². The highest BCUT2D eigenvalue weighted by atomic mass is 28.3. The second kappa shape index (κ2) is 8.02. The number of rotatable bonds is 7. The van der Waals surface area contributed by atoms with Gasteiger partial charge in [0, 0.05) is 22.0 Å². The molecule has 0 aromatic carbocycles. The zero-order valence-corrected chi connectivity index (χ0v) is 8.96. The number of hydrogen-bond donors (Lipinski definition) is 0. The maximum atomic E-state index is 5.29. The van der Waals surface area contributed by atoms with Gasteiger partial charge in [-0.25, -0.2) is 0 Å². The fraction of sp³-hybridized carbons (Fsp3) is 0.778. The number of allylic oxidation sites excluding steroid dienone is 1. The highest BCUT2D eigenvalue weighted by Crippen LogP contribution is 2.03. The lowest BCUT2D eigenvalue weighted by Crippen LogP contribution is -2.09. The molecule has 0 aliphatic carbocycles. The molecule has 0 fully saturated rings. The molecule has 2 heteroatoms. The third-order valence-electron chi connectivity index (χ3n) is 1.82. The molecule has 0 aromatic heterocycles. The summed E-state index contributed by atoms with van der Waals surface area (Å²) in [6.45, 7) is 10.0. The average Bonchev–Trinajstić information content (AvgIpc) is 2.01. The molecule has 0 saturated carbocycles. The summed E-state index contributed by atoms with van der Waals surface area (Å²) >= 11 is 0. The Balaban J connectivity index is 3.08. The summed E-state index contributed by atoms with van der Waals surface area (Å²) in [6, 6.07) is 2.71. The van der Waals surface area contributed by atoms with Gasteiger partial charge in [0.25, 0.3) is 0 Å². The normalized spacial score (nSPS) is 12.9. The SMILES string of the molecule is C=CCC[SiH](C)CCOCC. The van der Waals surface area contributed by atoms with Crippen LogP contribution in [-0.4, -0.2) is 22.0 Å². The van der Waals surface area contributed by atoms with E-state index in [2.05, 4.69) is 20.0 Å². The summed E-state index contributed by atoms with van der Waals surface area (Å²) in [5.41, 5.74) is 0. The summed E-state index contributed by atoms with van der Waals surface area (Å²) in [4.78, 5) is 0. The van der Waals surface area contributed by atoms with Crippen molar-refractivity contribution in [3.63, 3.8) is 0 Å². The first-order valence-electron chi connectivity index (χ1n) is 4.49. The van der Waals surface area contributed by atoms with Gasteiger partial charge in [-0.1, -0.05) is 18.7 Å². The number of hydrogen-bond acceptors (Lipinski definition) is 1. The highest BCUT2D eigenvalue weighted by molar-refractivity contribution is 6.57. The van der Waals surface area contributed by atoms with Gasteiger partial charge in [0.15, 0.2) is 0 Å². The van der Waals surface area contributed by atoms with E-state index in [0.29, 0.717) is 0 Å². The van der Waals surface area contributed by atoms with Gasteiger partial charge in [-0.3, -0.25) is 0 Å². The molecule has 0 bridgehead atoms. The predicted molar refractivity (Wildman–Crippen MR) is 53.9 cm³/mol. The van der Waals surface area contributed by atoms with E-state index in [1.807, 2.05) is 6.08 Å². The molecule has 1 unspecified atom stereocenters. The summed E-state index contributed by atoms with van der Waals surface area (Å²) < 4.78 is 5.29. The third kappa shape index (κ3) is 7.82. The zero-order chi connectivity index (χ0) is 8.53. The van der Waals surface area contributed by atoms with Crippen LogP contribution in [0.5, 0.6) is 0 Å². The molecular weight excluding hydrogens is 152 g/mol. The lowest BCUT2D eigenvalue weighted by atomic mass is 10.5. The minimum absolute atomic E-state index is 0.448. The second-order valence-corrected chi connectivity index (χ2v) is 6.32. The van der Waals surface area contributed by atoms with Crippen LogP contribution in [0.3, 0.4) is 0 Å². The van der Waals surface area contributed by atoms with Gasteiger partial charge in [0.05, 0.1) is 0 Å². The number of ether oxygens (including phenoxy) is 1. The van der Waals surface area contributed by atoms with Crippen molar-refractivity contribution < 1.29 is 4.74 Å². The minimum atomic E-state index is -0.448. The van der Waals surface area contributed by atoms with Crippen molar-refractivity contribution in [3.05, 3.63) is 12.7 Å². The Bertz CT molecular complexity index is 93.6. The molecule has 66 valence electrons. The quantitative estimate of drug-likeness (QED) is 0.326. The first kappa shape index (κ1) is 10.9. The summed E-state index contributed by atoms with van der Waals surface area (Å²) in [5, 5.41) is 0. The fourth-order valence-corrected chi connectivity index (χ4v) is 2.64. The monoisotopic (exact) mass is 172 g/mol. The van der Waals surface area contributed by atoms with E-state index in [1.165, 1.54) is 18.5 Å². The van der Waals surface area contributed by atoms with Crippen molar-refractivity contribution in [3.8, 4) is 0 Å². The van der Waals surface area contributed by atoms with Crippen LogP contribution >= 0.6 is 0 Å². The Morgan fingerprint density at radius 2 is 2.18 bits per heavy atom. The van der Waals surface area contributed by atoms with E-state index in [4.69, 9.17) is 4.74 Å². The summed E-state index contributed by atoms with van der Waals surface area (Å²) in [7, 11) is -0.448. The maximum Gasteiger partial charge on any atom is 0.0439 e. The molecule has 0 rings (SSSR count). The molecule has 0 aromatic rings. The molecule has 0 spiro atoms. The van der Waals surface area contributed by atoms with Crippen LogP contribution in [0.2, 0.25) is 18.6 Å². The predicted octanol–water partition coefficient (Wildman–Crippen LogP) is 2.46. The smallest absolute Gasteiger partial charge is 0.0439 e. The molecule has 0 radical (unpaired) electrons. The Kier molecular flexibility index (Phi) is 7.96. The van der Waals surface area contributed by atoms with Crippen molar-refractivity contribution in [2.24, 2.45) is 0 Å². The van der Waals surface area contributed by atoms with Crippen LogP contribution in [0.4, 0.5) is 0 Å². The van der Waals surface area contributed by atoms with Gasteiger partial charge in [0.2, 0.25) is 0 Å². The molecule has 0 amide bonds. The summed E-state index contributed by atoms with van der Waals surface area (Å²) in [6.07, 6.45) is 3.21. The van der Waals surface area contributed by atoms with E-state index >= 15 is 0 Å². The van der Waals surface area contributed by atoms with Crippen molar-refractivity contribution in [2.75, 3.05) is 13.2 Å². The van der Waals surface area contributed by atoms with E-state index in [0.717, 1.165) is 13.2 Å². The van der Waals surface area contributed by atoms with Gasteiger partial charge in [-0.2, -0.15) is 0 Å². The van der Waals surface area contributed by atoms with E-state index in [9.17, 15) is 0 Å². The lowest BCUT2D eigenvalue weighted by molar-refractivity contribution is 0.161. The Labute approximate surface area is 72.1 Å². The Morgan fingerprint density at radius 3 is 2.73 bits per heavy atom. The molecule has 1 nitrogen and oxygen atoms in total. The largest absolute Gasteiger partial charge is 0.382 e. The summed E-state index contributed by atoms with van der Waals surface area (Å²) in [5.74, 6) is 0. The first-order chi connectivity index (χ1) is 5.31. The highest BCUT2D eigenvalue weighted by Gasteiger charge is 2.01. The van der Waals surface area contributed by atoms with Gasteiger partial charge < -0.3 is 4.74 Å². The average molecular weight is 172 g/mol. The standard InChI is InChI=1S/C9H20OSi/c1-4-6-8-11(3)9-7-10-5-2/h4,11H,1,5-9H2,2-3H3. The minimum Gasteiger partial charge on any atom is -0.382 e. The first-order valence-corrected chi connectivity index (χ1v) is 7.28. The molecule has 0 aliphatic heterocycles. The lowest BCUT2D eigenvalue weighted by Gasteiger charge is -2.07. The molecule has 1 atom stereocenters. The van der Waals surface area contributed by atoms with Crippen LogP contribution in [0.25, 0.3) is 0 Å². The Hall–Kier alpha value is -0.0831. The van der Waals surface area contributed by atoms with Crippen LogP contribution in [0, 0.1) is 0 Å². The molecular formula is C9H20OSi. The van der Waals surface area contributed by atoms with Crippen LogP contribution in [0.15, 0.2) is 12.7 Å². The zero-order valence-electron chi connectivity index (χ0n) is 7.81. The molecule has 0 N–H and O–H groups in total. The van der Waals surface area contributed by atoms with Crippen molar-refractivity contribution in [2.45, 2.75) is 32.0 Å². The van der Waals surface area contributed by atoms with E-state index in [1.54, 1.807) is 0 Å². The Morgan fingerprint density at radius 1 is 1.45 bits per heavy atom. The van der Waals surface area contributed by atoms with Gasteiger partial charge in [0.1, 0.15) is 0 Å². The topological polar surface area (TPSA) is 9.23 Å². The third-order valence-corrected chi connectivity index (χ3v) is 4.36. The van der Waals surface area contributed by atoms with Crippen molar-refractivity contribution in [1.29, 1.82) is 0 Å². The molecule has 0 aliphatic rings. The van der Waals surface area contributed by atoms with Crippen LogP contribution in [-0.2, 0) is 4.74 Å². The van der Waals surface area contributed by atoms with Crippen molar-refractivity contribution in [1.82, 2.24) is 0 Å². The van der Waals surface area contributed by atoms with Gasteiger partial charge in [-0.05, 0) is 19.4 Å². The van der Waals surface area contributed by atoms with E-state index in [-0.39, 0.29) is 0 Å². The molecule has 0 saturated heterocycles. The van der Waals surface area contributed by atoms with Crippen LogP contribution in [0.1, 0.15) is 13.3 Å². The maximum absolute atomic E-state index is 5.29. The second-order valence-electron chi connectivity index (χ2n) is 2.96. The van der Waals surface area contributed by atoms with Crippen molar-refractivity contribution >= 4 is 8.80 Å².